The van der Waals surface area contributed by atoms with E-state index in [-0.39, 0.29) is 5.82 Å². The number of nitrogens with one attached hydrogen (secondary N) is 1. The van der Waals surface area contributed by atoms with E-state index >= 15 is 0 Å². The van der Waals surface area contributed by atoms with Gasteiger partial charge in [0.25, 0.3) is 0 Å². The minimum absolute atomic E-state index is 0.311. The predicted octanol–water partition coefficient (Wildman–Crippen LogP) is 6.00. The van der Waals surface area contributed by atoms with Crippen LogP contribution in [0.5, 0.6) is 0 Å². The van der Waals surface area contributed by atoms with Gasteiger partial charge in [0.2, 0.25) is 0 Å². The molecule has 22 heavy (non-hydrogen) atoms. The summed E-state index contributed by atoms with van der Waals surface area (Å²) in [5.74, 6) is 0.857. The lowest BCUT2D eigenvalue weighted by Gasteiger charge is -2.07. The van der Waals surface area contributed by atoms with E-state index in [2.05, 4.69) is 5.32 Å². The number of hydrogen-bond acceptors (Lipinski definition) is 2. The fourth-order valence-corrected chi connectivity index (χ4v) is 2.45. The normalized spacial score (nSPS) is 10.7. The van der Waals surface area contributed by atoms with Crippen LogP contribution in [-0.2, 0) is 6.54 Å². The first-order chi connectivity index (χ1) is 10.6. The standard InChI is InChI=1S/C17H12Cl2FNO/c18-11-5-7-14(19)16(9-11)21-10-12-6-8-17(22-12)13-3-1-2-4-15(13)20/h1-9,21H,10H2. The van der Waals surface area contributed by atoms with Crippen LogP contribution in [0.25, 0.3) is 11.3 Å². The minimum Gasteiger partial charge on any atom is -0.459 e. The van der Waals surface area contributed by atoms with Crippen molar-refractivity contribution in [1.29, 1.82) is 0 Å². The number of benzene rings is 2. The van der Waals surface area contributed by atoms with Crippen molar-refractivity contribution >= 4 is 28.9 Å². The molecule has 1 heterocycles. The van der Waals surface area contributed by atoms with Gasteiger partial charge in [-0.3, -0.25) is 0 Å². The Bertz CT molecular complexity index is 801. The smallest absolute Gasteiger partial charge is 0.137 e. The Morgan fingerprint density at radius 3 is 2.64 bits per heavy atom. The lowest BCUT2D eigenvalue weighted by molar-refractivity contribution is 0.525. The van der Waals surface area contributed by atoms with Crippen LogP contribution >= 0.6 is 23.2 Å². The van der Waals surface area contributed by atoms with Crippen molar-refractivity contribution < 1.29 is 8.81 Å². The number of furan rings is 1. The maximum absolute atomic E-state index is 13.7. The van der Waals surface area contributed by atoms with Crippen molar-refractivity contribution in [3.63, 3.8) is 0 Å². The molecule has 0 atom stereocenters. The van der Waals surface area contributed by atoms with E-state index in [1.54, 1.807) is 48.5 Å². The highest BCUT2D eigenvalue weighted by atomic mass is 35.5. The van der Waals surface area contributed by atoms with Gasteiger partial charge >= 0.3 is 0 Å². The van der Waals surface area contributed by atoms with Crippen molar-refractivity contribution in [3.8, 4) is 11.3 Å². The Kier molecular flexibility index (Phi) is 4.36. The van der Waals surface area contributed by atoms with E-state index in [0.717, 1.165) is 5.69 Å². The summed E-state index contributed by atoms with van der Waals surface area (Å²) in [4.78, 5) is 0. The quantitative estimate of drug-likeness (QED) is 0.632. The second-order valence-electron chi connectivity index (χ2n) is 4.72. The first-order valence-corrected chi connectivity index (χ1v) is 7.41. The van der Waals surface area contributed by atoms with Gasteiger partial charge < -0.3 is 9.73 Å². The molecule has 0 aliphatic rings. The zero-order valence-electron chi connectivity index (χ0n) is 11.4. The largest absolute Gasteiger partial charge is 0.459 e. The van der Waals surface area contributed by atoms with Crippen LogP contribution in [0.2, 0.25) is 10.0 Å². The van der Waals surface area contributed by atoms with E-state index in [1.165, 1.54) is 6.07 Å². The summed E-state index contributed by atoms with van der Waals surface area (Å²) in [6.07, 6.45) is 0. The maximum Gasteiger partial charge on any atom is 0.137 e. The van der Waals surface area contributed by atoms with Crippen LogP contribution in [0.3, 0.4) is 0 Å². The molecule has 0 saturated carbocycles. The summed E-state index contributed by atoms with van der Waals surface area (Å²) in [5.41, 5.74) is 1.16. The SMILES string of the molecule is Fc1ccccc1-c1ccc(CNc2cc(Cl)ccc2Cl)o1. The fraction of sp³-hybridized carbons (Fsp3) is 0.0588. The highest BCUT2D eigenvalue weighted by molar-refractivity contribution is 6.35. The van der Waals surface area contributed by atoms with E-state index in [9.17, 15) is 4.39 Å². The summed E-state index contributed by atoms with van der Waals surface area (Å²) in [6, 6.07) is 15.2. The van der Waals surface area contributed by atoms with E-state index in [4.69, 9.17) is 27.6 Å². The molecule has 1 aromatic heterocycles. The Morgan fingerprint density at radius 1 is 1.00 bits per heavy atom. The van der Waals surface area contributed by atoms with Gasteiger partial charge in [-0.15, -0.1) is 0 Å². The Balaban J connectivity index is 1.75. The molecule has 0 aliphatic carbocycles. The van der Waals surface area contributed by atoms with Gasteiger partial charge in [0.05, 0.1) is 22.8 Å². The molecule has 3 aromatic rings. The molecule has 0 bridgehead atoms. The van der Waals surface area contributed by atoms with Crippen LogP contribution in [0, 0.1) is 5.82 Å². The summed E-state index contributed by atoms with van der Waals surface area (Å²) in [7, 11) is 0. The molecule has 3 rings (SSSR count). The van der Waals surface area contributed by atoms with Crippen molar-refractivity contribution in [2.75, 3.05) is 5.32 Å². The van der Waals surface area contributed by atoms with Crippen LogP contribution in [-0.4, -0.2) is 0 Å². The first kappa shape index (κ1) is 14.9. The molecule has 2 aromatic carbocycles. The molecule has 0 amide bonds. The Labute approximate surface area is 137 Å². The van der Waals surface area contributed by atoms with Crippen molar-refractivity contribution in [2.45, 2.75) is 6.54 Å². The van der Waals surface area contributed by atoms with E-state index in [1.807, 2.05) is 0 Å². The second kappa shape index (κ2) is 6.42. The van der Waals surface area contributed by atoms with Crippen LogP contribution in [0.15, 0.2) is 59.0 Å². The summed E-state index contributed by atoms with van der Waals surface area (Å²) >= 11 is 12.0. The number of rotatable bonds is 4. The molecule has 0 spiro atoms. The van der Waals surface area contributed by atoms with Crippen molar-refractivity contribution in [1.82, 2.24) is 0 Å². The molecule has 112 valence electrons. The van der Waals surface area contributed by atoms with E-state index < -0.39 is 0 Å². The van der Waals surface area contributed by atoms with E-state index in [0.29, 0.717) is 33.7 Å². The topological polar surface area (TPSA) is 25.2 Å². The third-order valence-corrected chi connectivity index (χ3v) is 3.75. The summed E-state index contributed by atoms with van der Waals surface area (Å²) < 4.78 is 19.4. The molecule has 0 aliphatic heterocycles. The monoisotopic (exact) mass is 335 g/mol. The average Bonchev–Trinajstić information content (AvgIpc) is 2.97. The molecule has 1 N–H and O–H groups in total. The van der Waals surface area contributed by atoms with Gasteiger partial charge in [0, 0.05) is 5.02 Å². The van der Waals surface area contributed by atoms with Crippen LogP contribution < -0.4 is 5.32 Å². The maximum atomic E-state index is 13.7. The van der Waals surface area contributed by atoms with Crippen molar-refractivity contribution in [3.05, 3.63) is 76.2 Å². The zero-order chi connectivity index (χ0) is 15.5. The van der Waals surface area contributed by atoms with Gasteiger partial charge in [0.1, 0.15) is 17.3 Å². The fourth-order valence-electron chi connectivity index (χ4n) is 2.09. The lowest BCUT2D eigenvalue weighted by atomic mass is 10.1. The molecular weight excluding hydrogens is 324 g/mol. The molecule has 0 unspecified atom stereocenters. The number of halogens is 3. The number of anilines is 1. The molecular formula is C17H12Cl2FNO. The predicted molar refractivity (Wildman–Crippen MR) is 87.9 cm³/mol. The average molecular weight is 336 g/mol. The Hall–Kier alpha value is -1.97. The van der Waals surface area contributed by atoms with Gasteiger partial charge in [0.15, 0.2) is 0 Å². The molecule has 0 saturated heterocycles. The van der Waals surface area contributed by atoms with Gasteiger partial charge in [-0.2, -0.15) is 0 Å². The molecule has 2 nitrogen and oxygen atoms in total. The summed E-state index contributed by atoms with van der Waals surface area (Å²) in [5, 5.41) is 4.32. The van der Waals surface area contributed by atoms with Crippen LogP contribution in [0.4, 0.5) is 10.1 Å². The second-order valence-corrected chi connectivity index (χ2v) is 5.57. The summed E-state index contributed by atoms with van der Waals surface area (Å²) in [6.45, 7) is 0.425. The van der Waals surface area contributed by atoms with Crippen LogP contribution in [0.1, 0.15) is 5.76 Å². The zero-order valence-corrected chi connectivity index (χ0v) is 13.0. The first-order valence-electron chi connectivity index (χ1n) is 6.66. The number of hydrogen-bond donors (Lipinski definition) is 1. The lowest BCUT2D eigenvalue weighted by Crippen LogP contribution is -1.98. The highest BCUT2D eigenvalue weighted by Crippen LogP contribution is 2.28. The third-order valence-electron chi connectivity index (χ3n) is 3.18. The van der Waals surface area contributed by atoms with Gasteiger partial charge in [-0.25, -0.2) is 4.39 Å². The Morgan fingerprint density at radius 2 is 1.82 bits per heavy atom. The van der Waals surface area contributed by atoms with Gasteiger partial charge in [-0.1, -0.05) is 35.3 Å². The highest BCUT2D eigenvalue weighted by Gasteiger charge is 2.09. The molecule has 0 radical (unpaired) electrons. The molecule has 0 fully saturated rings. The van der Waals surface area contributed by atoms with Gasteiger partial charge in [-0.05, 0) is 42.5 Å². The third kappa shape index (κ3) is 3.26. The van der Waals surface area contributed by atoms with Crippen molar-refractivity contribution in [2.24, 2.45) is 0 Å². The molecule has 5 heteroatoms. The minimum atomic E-state index is -0.311.